The number of thioether (sulfide) groups is 2. The van der Waals surface area contributed by atoms with Gasteiger partial charge in [-0.3, -0.25) is 0 Å². The predicted molar refractivity (Wildman–Crippen MR) is 89.2 cm³/mol. The fraction of sp³-hybridized carbons (Fsp3) is 0.429. The zero-order valence-corrected chi connectivity index (χ0v) is 13.9. The Morgan fingerprint density at radius 3 is 2.67 bits per heavy atom. The third-order valence-corrected chi connectivity index (χ3v) is 7.15. The third kappa shape index (κ3) is 5.24. The molecule has 1 aliphatic rings. The summed E-state index contributed by atoms with van der Waals surface area (Å²) in [5.41, 5.74) is 0.683. The molecule has 1 atom stereocenters. The maximum Gasteiger partial charge on any atom is 0.240 e. The van der Waals surface area contributed by atoms with Gasteiger partial charge in [0.1, 0.15) is 6.61 Å². The molecule has 7 heteroatoms. The quantitative estimate of drug-likeness (QED) is 0.803. The van der Waals surface area contributed by atoms with Crippen LogP contribution in [-0.4, -0.2) is 49.2 Å². The Morgan fingerprint density at radius 2 is 2.05 bits per heavy atom. The van der Waals surface area contributed by atoms with E-state index in [2.05, 4.69) is 16.6 Å². The van der Waals surface area contributed by atoms with E-state index < -0.39 is 10.0 Å². The fourth-order valence-corrected chi connectivity index (χ4v) is 5.60. The van der Waals surface area contributed by atoms with Crippen LogP contribution in [0.2, 0.25) is 0 Å². The van der Waals surface area contributed by atoms with Gasteiger partial charge in [-0.2, -0.15) is 23.5 Å². The zero-order valence-electron chi connectivity index (χ0n) is 11.4. The Kier molecular flexibility index (Phi) is 6.45. The third-order valence-electron chi connectivity index (χ3n) is 2.86. The number of rotatable bonds is 4. The molecule has 2 N–H and O–H groups in total. The Bertz CT molecular complexity index is 611. The molecule has 1 saturated heterocycles. The smallest absolute Gasteiger partial charge is 0.240 e. The number of hydrogen-bond donors (Lipinski definition) is 2. The van der Waals surface area contributed by atoms with Gasteiger partial charge in [-0.25, -0.2) is 13.1 Å². The average Bonchev–Trinajstić information content (AvgIpc) is 2.52. The highest BCUT2D eigenvalue weighted by molar-refractivity contribution is 8.06. The second kappa shape index (κ2) is 8.11. The van der Waals surface area contributed by atoms with E-state index in [4.69, 9.17) is 5.11 Å². The first-order valence-corrected chi connectivity index (χ1v) is 10.2. The van der Waals surface area contributed by atoms with Crippen molar-refractivity contribution in [1.82, 2.24) is 4.72 Å². The summed E-state index contributed by atoms with van der Waals surface area (Å²) in [4.78, 5) is 0.241. The maximum absolute atomic E-state index is 12.2. The van der Waals surface area contributed by atoms with Crippen molar-refractivity contribution in [3.63, 3.8) is 0 Å². The molecule has 114 valence electrons. The number of nitrogens with one attached hydrogen (secondary N) is 1. The van der Waals surface area contributed by atoms with E-state index in [0.717, 1.165) is 17.3 Å². The van der Waals surface area contributed by atoms with Crippen LogP contribution in [0.1, 0.15) is 5.56 Å². The molecule has 1 fully saturated rings. The molecule has 0 aliphatic carbocycles. The van der Waals surface area contributed by atoms with Gasteiger partial charge >= 0.3 is 0 Å². The van der Waals surface area contributed by atoms with Crippen LogP contribution in [0.5, 0.6) is 0 Å². The van der Waals surface area contributed by atoms with Gasteiger partial charge in [-0.05, 0) is 24.3 Å². The van der Waals surface area contributed by atoms with Crippen molar-refractivity contribution < 1.29 is 13.5 Å². The Morgan fingerprint density at radius 1 is 1.29 bits per heavy atom. The van der Waals surface area contributed by atoms with Crippen LogP contribution >= 0.6 is 23.5 Å². The topological polar surface area (TPSA) is 66.4 Å². The summed E-state index contributed by atoms with van der Waals surface area (Å²) in [7, 11) is -3.47. The van der Waals surface area contributed by atoms with Gasteiger partial charge in [0.25, 0.3) is 0 Å². The summed E-state index contributed by atoms with van der Waals surface area (Å²) in [6.45, 7) is 0.255. The molecular formula is C14H17NO3S3. The molecule has 0 radical (unpaired) electrons. The molecule has 1 aliphatic heterocycles. The summed E-state index contributed by atoms with van der Waals surface area (Å²) in [5, 5.41) is 8.96. The molecule has 0 amide bonds. The Balaban J connectivity index is 1.98. The van der Waals surface area contributed by atoms with E-state index in [1.807, 2.05) is 23.5 Å². The molecule has 0 saturated carbocycles. The minimum atomic E-state index is -3.47. The number of benzene rings is 1. The van der Waals surface area contributed by atoms with Crippen molar-refractivity contribution >= 4 is 33.5 Å². The van der Waals surface area contributed by atoms with Gasteiger partial charge in [-0.15, -0.1) is 0 Å². The minimum absolute atomic E-state index is 0.210. The fourth-order valence-electron chi connectivity index (χ4n) is 1.80. The van der Waals surface area contributed by atoms with E-state index in [1.54, 1.807) is 12.1 Å². The van der Waals surface area contributed by atoms with E-state index in [-0.39, 0.29) is 11.5 Å². The summed E-state index contributed by atoms with van der Waals surface area (Å²) >= 11 is 3.69. The largest absolute Gasteiger partial charge is 0.384 e. The average molecular weight is 343 g/mol. The monoisotopic (exact) mass is 343 g/mol. The van der Waals surface area contributed by atoms with Crippen LogP contribution in [0.15, 0.2) is 29.2 Å². The van der Waals surface area contributed by atoms with Crippen LogP contribution in [0, 0.1) is 11.8 Å². The van der Waals surface area contributed by atoms with E-state index in [9.17, 15) is 8.42 Å². The summed E-state index contributed by atoms with van der Waals surface area (Å²) in [6.07, 6.45) is 0. The lowest BCUT2D eigenvalue weighted by Crippen LogP contribution is -2.33. The summed E-state index contributed by atoms with van der Waals surface area (Å²) in [6, 6.07) is 6.35. The molecule has 1 aromatic carbocycles. The van der Waals surface area contributed by atoms with Crippen molar-refractivity contribution in [3.05, 3.63) is 29.8 Å². The number of hydrogen-bond acceptors (Lipinski definition) is 5. The SMILES string of the molecule is O=S(=O)(NCC1CSCCS1)c1ccc(C#CCO)cc1. The molecule has 2 rings (SSSR count). The number of aliphatic hydroxyl groups is 1. The predicted octanol–water partition coefficient (Wildman–Crippen LogP) is 1.16. The first-order chi connectivity index (χ1) is 10.1. The first-order valence-electron chi connectivity index (χ1n) is 6.50. The second-order valence-electron chi connectivity index (χ2n) is 4.40. The van der Waals surface area contributed by atoms with Gasteiger partial charge < -0.3 is 5.11 Å². The number of aliphatic hydroxyl groups excluding tert-OH is 1. The number of sulfonamides is 1. The van der Waals surface area contributed by atoms with Crippen LogP contribution < -0.4 is 4.72 Å². The summed E-state index contributed by atoms with van der Waals surface area (Å²) < 4.78 is 27.1. The van der Waals surface area contributed by atoms with E-state index >= 15 is 0 Å². The zero-order chi connectivity index (χ0) is 15.1. The molecular weight excluding hydrogens is 326 g/mol. The second-order valence-corrected chi connectivity index (χ2v) is 8.73. The molecule has 1 heterocycles. The van der Waals surface area contributed by atoms with Gasteiger partial charge in [0.2, 0.25) is 10.0 Å². The van der Waals surface area contributed by atoms with Crippen LogP contribution in [0.4, 0.5) is 0 Å². The van der Waals surface area contributed by atoms with Crippen LogP contribution in [-0.2, 0) is 10.0 Å². The first kappa shape index (κ1) is 16.7. The lowest BCUT2D eigenvalue weighted by atomic mass is 10.2. The molecule has 0 bridgehead atoms. The van der Waals surface area contributed by atoms with Crippen molar-refractivity contribution in [2.24, 2.45) is 0 Å². The highest BCUT2D eigenvalue weighted by atomic mass is 32.2. The van der Waals surface area contributed by atoms with Crippen molar-refractivity contribution in [2.75, 3.05) is 30.4 Å². The highest BCUT2D eigenvalue weighted by Gasteiger charge is 2.19. The Hall–Kier alpha value is -0.650. The molecule has 1 unspecified atom stereocenters. The van der Waals surface area contributed by atoms with Crippen molar-refractivity contribution in [3.8, 4) is 11.8 Å². The van der Waals surface area contributed by atoms with E-state index in [1.165, 1.54) is 12.1 Å². The van der Waals surface area contributed by atoms with Gasteiger partial charge in [-0.1, -0.05) is 11.8 Å². The standard InChI is InChI=1S/C14H17NO3S3/c16-7-1-2-12-3-5-14(6-4-12)21(17,18)15-10-13-11-19-8-9-20-13/h3-6,13,15-16H,7-11H2. The van der Waals surface area contributed by atoms with Gasteiger partial charge in [0.05, 0.1) is 4.90 Å². The van der Waals surface area contributed by atoms with Crippen molar-refractivity contribution in [1.29, 1.82) is 0 Å². The Labute approximate surface area is 134 Å². The molecule has 21 heavy (non-hydrogen) atoms. The molecule has 1 aromatic rings. The normalized spacial score (nSPS) is 18.8. The van der Waals surface area contributed by atoms with Crippen molar-refractivity contribution in [2.45, 2.75) is 10.1 Å². The van der Waals surface area contributed by atoms with Crippen LogP contribution in [0.3, 0.4) is 0 Å². The molecule has 0 aromatic heterocycles. The summed E-state index contributed by atoms with van der Waals surface area (Å²) in [5.74, 6) is 8.47. The molecule has 0 spiro atoms. The molecule has 4 nitrogen and oxygen atoms in total. The van der Waals surface area contributed by atoms with E-state index in [0.29, 0.717) is 17.4 Å². The highest BCUT2D eigenvalue weighted by Crippen LogP contribution is 2.23. The lowest BCUT2D eigenvalue weighted by Gasteiger charge is -2.21. The minimum Gasteiger partial charge on any atom is -0.384 e. The maximum atomic E-state index is 12.2. The van der Waals surface area contributed by atoms with Gasteiger partial charge in [0.15, 0.2) is 0 Å². The van der Waals surface area contributed by atoms with Gasteiger partial charge in [0, 0.05) is 34.6 Å². The van der Waals surface area contributed by atoms with Crippen LogP contribution in [0.25, 0.3) is 0 Å². The lowest BCUT2D eigenvalue weighted by molar-refractivity contribution is 0.350.